The fourth-order valence-corrected chi connectivity index (χ4v) is 2.66. The van der Waals surface area contributed by atoms with Crippen LogP contribution in [0.25, 0.3) is 0 Å². The Bertz CT molecular complexity index is 469. The predicted molar refractivity (Wildman–Crippen MR) is 75.7 cm³/mol. The molecule has 0 aliphatic rings. The smallest absolute Gasteiger partial charge is 0.182 e. The minimum Gasteiger partial charge on any atom is -0.362 e. The van der Waals surface area contributed by atoms with Crippen molar-refractivity contribution in [1.29, 1.82) is 0 Å². The first-order valence-electron chi connectivity index (χ1n) is 6.05. The molecule has 0 saturated carbocycles. The zero-order valence-corrected chi connectivity index (χ0v) is 11.6. The topological polar surface area (TPSA) is 41.1 Å². The van der Waals surface area contributed by atoms with E-state index in [9.17, 15) is 0 Å². The largest absolute Gasteiger partial charge is 0.362 e. The van der Waals surface area contributed by atoms with E-state index in [0.29, 0.717) is 0 Å². The Morgan fingerprint density at radius 2 is 2.17 bits per heavy atom. The van der Waals surface area contributed by atoms with E-state index in [4.69, 9.17) is 0 Å². The van der Waals surface area contributed by atoms with Gasteiger partial charge in [0.05, 0.1) is 5.69 Å². The maximum absolute atomic E-state index is 4.33. The van der Waals surface area contributed by atoms with E-state index in [-0.39, 0.29) is 0 Å². The van der Waals surface area contributed by atoms with E-state index in [0.717, 1.165) is 30.5 Å². The van der Waals surface area contributed by atoms with Crippen LogP contribution in [-0.2, 0) is 13.1 Å². The highest BCUT2D eigenvalue weighted by Gasteiger charge is 2.05. The fraction of sp³-hybridized carbons (Fsp3) is 0.385. The zero-order chi connectivity index (χ0) is 12.8. The maximum Gasteiger partial charge on any atom is 0.182 e. The van der Waals surface area contributed by atoms with Gasteiger partial charge in [-0.05, 0) is 26.1 Å². The molecule has 0 fully saturated rings. The molecule has 0 aliphatic heterocycles. The Hall–Kier alpha value is -1.46. The summed E-state index contributed by atoms with van der Waals surface area (Å²) in [4.78, 5) is 12.2. The van der Waals surface area contributed by atoms with Gasteiger partial charge in [-0.25, -0.2) is 4.98 Å². The molecule has 2 heterocycles. The van der Waals surface area contributed by atoms with Crippen LogP contribution in [0, 0.1) is 0 Å². The van der Waals surface area contributed by atoms with Gasteiger partial charge in [0.15, 0.2) is 5.13 Å². The predicted octanol–water partition coefficient (Wildman–Crippen LogP) is 2.60. The Kier molecular flexibility index (Phi) is 4.66. The molecule has 5 heteroatoms. The Balaban J connectivity index is 1.88. The summed E-state index contributed by atoms with van der Waals surface area (Å²) in [6.07, 6.45) is 3.77. The summed E-state index contributed by atoms with van der Waals surface area (Å²) < 4.78 is 0. The van der Waals surface area contributed by atoms with Gasteiger partial charge in [0.25, 0.3) is 0 Å². The van der Waals surface area contributed by atoms with Crippen molar-refractivity contribution >= 4 is 16.5 Å². The van der Waals surface area contributed by atoms with E-state index in [1.807, 2.05) is 30.6 Å². The molecule has 0 atom stereocenters. The monoisotopic (exact) mass is 262 g/mol. The standard InChI is InChI=1S/C13H18N4S/c1-3-14-13-16-8-12(18-13)10-17(2)9-11-6-4-5-7-15-11/h4-8H,3,9-10H2,1-2H3,(H,14,16). The lowest BCUT2D eigenvalue weighted by atomic mass is 10.3. The van der Waals surface area contributed by atoms with Gasteiger partial charge in [-0.15, -0.1) is 11.3 Å². The SMILES string of the molecule is CCNc1ncc(CN(C)Cc2ccccn2)s1. The molecule has 0 unspecified atom stereocenters. The lowest BCUT2D eigenvalue weighted by Gasteiger charge is -2.14. The van der Waals surface area contributed by atoms with Crippen LogP contribution >= 0.6 is 11.3 Å². The highest BCUT2D eigenvalue weighted by Crippen LogP contribution is 2.19. The molecule has 0 spiro atoms. The summed E-state index contributed by atoms with van der Waals surface area (Å²) in [6.45, 7) is 4.75. The zero-order valence-electron chi connectivity index (χ0n) is 10.8. The maximum atomic E-state index is 4.33. The van der Waals surface area contributed by atoms with Gasteiger partial charge in [-0.3, -0.25) is 9.88 Å². The van der Waals surface area contributed by atoms with Crippen LogP contribution in [0.15, 0.2) is 30.6 Å². The number of pyridine rings is 1. The van der Waals surface area contributed by atoms with Crippen molar-refractivity contribution in [2.45, 2.75) is 20.0 Å². The van der Waals surface area contributed by atoms with Gasteiger partial charge in [-0.1, -0.05) is 6.07 Å². The van der Waals surface area contributed by atoms with E-state index < -0.39 is 0 Å². The summed E-state index contributed by atoms with van der Waals surface area (Å²) in [5.41, 5.74) is 1.09. The van der Waals surface area contributed by atoms with Crippen molar-refractivity contribution in [3.8, 4) is 0 Å². The number of nitrogens with zero attached hydrogens (tertiary/aromatic N) is 3. The molecule has 4 nitrogen and oxygen atoms in total. The number of aromatic nitrogens is 2. The normalized spacial score (nSPS) is 10.8. The molecule has 2 aromatic rings. The summed E-state index contributed by atoms with van der Waals surface area (Å²) in [5.74, 6) is 0. The third-order valence-corrected chi connectivity index (χ3v) is 3.41. The first-order chi connectivity index (χ1) is 8.78. The summed E-state index contributed by atoms with van der Waals surface area (Å²) in [6, 6.07) is 6.01. The van der Waals surface area contributed by atoms with E-state index >= 15 is 0 Å². The quantitative estimate of drug-likeness (QED) is 0.869. The van der Waals surface area contributed by atoms with Gasteiger partial charge >= 0.3 is 0 Å². The van der Waals surface area contributed by atoms with Crippen molar-refractivity contribution in [3.05, 3.63) is 41.2 Å². The van der Waals surface area contributed by atoms with Crippen molar-refractivity contribution in [2.24, 2.45) is 0 Å². The number of anilines is 1. The molecular weight excluding hydrogens is 244 g/mol. The first-order valence-corrected chi connectivity index (χ1v) is 6.86. The number of hydrogen-bond donors (Lipinski definition) is 1. The molecule has 0 aliphatic carbocycles. The lowest BCUT2D eigenvalue weighted by molar-refractivity contribution is 0.318. The van der Waals surface area contributed by atoms with Crippen molar-refractivity contribution in [1.82, 2.24) is 14.9 Å². The number of hydrogen-bond acceptors (Lipinski definition) is 5. The van der Waals surface area contributed by atoms with Gasteiger partial charge in [0, 0.05) is 36.9 Å². The molecule has 2 aromatic heterocycles. The fourth-order valence-electron chi connectivity index (χ4n) is 1.70. The van der Waals surface area contributed by atoms with Crippen molar-refractivity contribution in [2.75, 3.05) is 18.9 Å². The van der Waals surface area contributed by atoms with Gasteiger partial charge in [0.2, 0.25) is 0 Å². The highest BCUT2D eigenvalue weighted by atomic mass is 32.1. The minimum absolute atomic E-state index is 0.856. The Morgan fingerprint density at radius 3 is 2.89 bits per heavy atom. The molecule has 1 N–H and O–H groups in total. The minimum atomic E-state index is 0.856. The average Bonchev–Trinajstić information content (AvgIpc) is 2.78. The molecule has 0 radical (unpaired) electrons. The third-order valence-electron chi connectivity index (χ3n) is 2.47. The van der Waals surface area contributed by atoms with Crippen molar-refractivity contribution < 1.29 is 0 Å². The van der Waals surface area contributed by atoms with Gasteiger partial charge < -0.3 is 5.32 Å². The molecular formula is C13H18N4S. The molecule has 96 valence electrons. The lowest BCUT2D eigenvalue weighted by Crippen LogP contribution is -2.17. The number of nitrogens with one attached hydrogen (secondary N) is 1. The number of rotatable bonds is 6. The molecule has 0 aromatic carbocycles. The van der Waals surface area contributed by atoms with Crippen LogP contribution in [0.4, 0.5) is 5.13 Å². The summed E-state index contributed by atoms with van der Waals surface area (Å²) in [7, 11) is 2.10. The second-order valence-electron chi connectivity index (χ2n) is 4.16. The van der Waals surface area contributed by atoms with E-state index in [2.05, 4.69) is 34.2 Å². The molecule has 0 bridgehead atoms. The van der Waals surface area contributed by atoms with Gasteiger partial charge in [-0.2, -0.15) is 0 Å². The van der Waals surface area contributed by atoms with E-state index in [1.165, 1.54) is 4.88 Å². The van der Waals surface area contributed by atoms with Crippen LogP contribution in [-0.4, -0.2) is 28.5 Å². The highest BCUT2D eigenvalue weighted by molar-refractivity contribution is 7.15. The number of thiazole rings is 1. The van der Waals surface area contributed by atoms with Crippen LogP contribution < -0.4 is 5.32 Å². The third kappa shape index (κ3) is 3.78. The van der Waals surface area contributed by atoms with Gasteiger partial charge in [0.1, 0.15) is 0 Å². The molecule has 0 amide bonds. The van der Waals surface area contributed by atoms with Crippen LogP contribution in [0.1, 0.15) is 17.5 Å². The van der Waals surface area contributed by atoms with Crippen LogP contribution in [0.2, 0.25) is 0 Å². The second-order valence-corrected chi connectivity index (χ2v) is 5.27. The van der Waals surface area contributed by atoms with Crippen LogP contribution in [0.3, 0.4) is 0 Å². The second kappa shape index (κ2) is 6.47. The Labute approximate surface area is 112 Å². The van der Waals surface area contributed by atoms with E-state index in [1.54, 1.807) is 11.3 Å². The van der Waals surface area contributed by atoms with Crippen LogP contribution in [0.5, 0.6) is 0 Å². The molecule has 18 heavy (non-hydrogen) atoms. The Morgan fingerprint density at radius 1 is 1.28 bits per heavy atom. The summed E-state index contributed by atoms with van der Waals surface area (Å²) >= 11 is 1.71. The molecule has 2 rings (SSSR count). The first kappa shape index (κ1) is 13.0. The summed E-state index contributed by atoms with van der Waals surface area (Å²) in [5, 5.41) is 4.23. The molecule has 0 saturated heterocycles. The average molecular weight is 262 g/mol. The van der Waals surface area contributed by atoms with Crippen molar-refractivity contribution in [3.63, 3.8) is 0 Å².